The number of carbonyl (C=O) groups excluding carboxylic acids is 1. The Labute approximate surface area is 178 Å². The van der Waals surface area contributed by atoms with Crippen LogP contribution in [0.1, 0.15) is 24.1 Å². The highest BCUT2D eigenvalue weighted by molar-refractivity contribution is 7.99. The standard InChI is InChI=1S/C21H21N5O3S/c1-14-12-18(30-20-22-10-5-11-23-20)8-9-19(14)24-21(27)25(3)15(2)16-6-4-7-17(13-16)26(28)29/h4-13,15H,1-3H3,(H,24,27). The van der Waals surface area contributed by atoms with Gasteiger partial charge in [-0.1, -0.05) is 12.1 Å². The number of carbonyl (C=O) groups is 1. The minimum atomic E-state index is -0.445. The van der Waals surface area contributed by atoms with Crippen molar-refractivity contribution < 1.29 is 9.72 Å². The Hall–Kier alpha value is -3.46. The van der Waals surface area contributed by atoms with E-state index in [2.05, 4.69) is 15.3 Å². The van der Waals surface area contributed by atoms with Gasteiger partial charge >= 0.3 is 6.03 Å². The summed E-state index contributed by atoms with van der Waals surface area (Å²) in [5, 5.41) is 14.6. The van der Waals surface area contributed by atoms with E-state index in [0.717, 1.165) is 10.5 Å². The highest BCUT2D eigenvalue weighted by Gasteiger charge is 2.20. The number of rotatable bonds is 6. The van der Waals surface area contributed by atoms with Crippen molar-refractivity contribution >= 4 is 29.2 Å². The molecule has 0 saturated heterocycles. The van der Waals surface area contributed by atoms with Crippen LogP contribution in [0.3, 0.4) is 0 Å². The van der Waals surface area contributed by atoms with E-state index in [1.54, 1.807) is 37.6 Å². The lowest BCUT2D eigenvalue weighted by Crippen LogP contribution is -2.33. The molecule has 1 N–H and O–H groups in total. The Morgan fingerprint density at radius 1 is 1.17 bits per heavy atom. The molecule has 3 rings (SSSR count). The summed E-state index contributed by atoms with van der Waals surface area (Å²) in [5.41, 5.74) is 2.28. The molecule has 0 radical (unpaired) electrons. The second-order valence-corrected chi connectivity index (χ2v) is 7.72. The maximum Gasteiger partial charge on any atom is 0.322 e. The monoisotopic (exact) mass is 423 g/mol. The number of hydrogen-bond donors (Lipinski definition) is 1. The van der Waals surface area contributed by atoms with E-state index in [1.807, 2.05) is 32.0 Å². The first kappa shape index (κ1) is 21.3. The molecule has 2 amide bonds. The van der Waals surface area contributed by atoms with E-state index < -0.39 is 4.92 Å². The van der Waals surface area contributed by atoms with Gasteiger partial charge in [-0.15, -0.1) is 0 Å². The number of amides is 2. The number of nitrogens with zero attached hydrogens (tertiary/aromatic N) is 4. The Morgan fingerprint density at radius 2 is 1.90 bits per heavy atom. The van der Waals surface area contributed by atoms with E-state index in [9.17, 15) is 14.9 Å². The molecule has 9 heteroatoms. The van der Waals surface area contributed by atoms with Crippen molar-refractivity contribution in [2.75, 3.05) is 12.4 Å². The average molecular weight is 423 g/mol. The van der Waals surface area contributed by atoms with Gasteiger partial charge in [0, 0.05) is 42.2 Å². The molecule has 30 heavy (non-hydrogen) atoms. The third-order valence-electron chi connectivity index (χ3n) is 4.66. The highest BCUT2D eigenvalue weighted by atomic mass is 32.2. The van der Waals surface area contributed by atoms with Crippen LogP contribution in [0.4, 0.5) is 16.2 Å². The third-order valence-corrected chi connectivity index (χ3v) is 5.54. The van der Waals surface area contributed by atoms with Crippen molar-refractivity contribution in [1.29, 1.82) is 0 Å². The first-order valence-corrected chi connectivity index (χ1v) is 10.0. The number of urea groups is 1. The van der Waals surface area contributed by atoms with Gasteiger partial charge in [0.05, 0.1) is 11.0 Å². The third kappa shape index (κ3) is 5.12. The van der Waals surface area contributed by atoms with E-state index in [4.69, 9.17) is 0 Å². The van der Waals surface area contributed by atoms with Gasteiger partial charge in [0.2, 0.25) is 0 Å². The number of aryl methyl sites for hydroxylation is 1. The zero-order valence-corrected chi connectivity index (χ0v) is 17.6. The molecule has 2 aromatic carbocycles. The van der Waals surface area contributed by atoms with Crippen molar-refractivity contribution in [3.05, 3.63) is 82.2 Å². The van der Waals surface area contributed by atoms with Gasteiger partial charge in [-0.2, -0.15) is 0 Å². The van der Waals surface area contributed by atoms with Crippen LogP contribution in [0.2, 0.25) is 0 Å². The number of hydrogen-bond acceptors (Lipinski definition) is 6. The molecule has 1 aromatic heterocycles. The van der Waals surface area contributed by atoms with Crippen LogP contribution in [-0.2, 0) is 0 Å². The van der Waals surface area contributed by atoms with E-state index in [-0.39, 0.29) is 17.8 Å². The van der Waals surface area contributed by atoms with E-state index in [0.29, 0.717) is 16.4 Å². The number of anilines is 1. The Kier molecular flexibility index (Phi) is 6.63. The largest absolute Gasteiger partial charge is 0.322 e. The van der Waals surface area contributed by atoms with Gasteiger partial charge in [-0.05, 0) is 61.0 Å². The molecule has 154 valence electrons. The minimum absolute atomic E-state index is 0.000475. The summed E-state index contributed by atoms with van der Waals surface area (Å²) in [7, 11) is 1.66. The predicted octanol–water partition coefficient (Wildman–Crippen LogP) is 5.07. The molecule has 3 aromatic rings. The van der Waals surface area contributed by atoms with Gasteiger partial charge < -0.3 is 10.2 Å². The molecular formula is C21H21N5O3S. The molecule has 0 aliphatic carbocycles. The number of aromatic nitrogens is 2. The Bertz CT molecular complexity index is 1060. The Balaban J connectivity index is 1.69. The summed E-state index contributed by atoms with van der Waals surface area (Å²) < 4.78 is 0. The number of nitro benzene ring substituents is 1. The maximum absolute atomic E-state index is 12.7. The van der Waals surface area contributed by atoms with Crippen LogP contribution in [0, 0.1) is 17.0 Å². The second kappa shape index (κ2) is 9.36. The van der Waals surface area contributed by atoms with Crippen molar-refractivity contribution in [2.45, 2.75) is 29.9 Å². The van der Waals surface area contributed by atoms with Gasteiger partial charge in [-0.3, -0.25) is 10.1 Å². The van der Waals surface area contributed by atoms with E-state index >= 15 is 0 Å². The van der Waals surface area contributed by atoms with Crippen LogP contribution in [-0.4, -0.2) is 32.9 Å². The zero-order valence-electron chi connectivity index (χ0n) is 16.8. The van der Waals surface area contributed by atoms with Crippen LogP contribution >= 0.6 is 11.8 Å². The maximum atomic E-state index is 12.7. The van der Waals surface area contributed by atoms with Crippen LogP contribution in [0.5, 0.6) is 0 Å². The van der Waals surface area contributed by atoms with Crippen LogP contribution < -0.4 is 5.32 Å². The second-order valence-electron chi connectivity index (χ2n) is 6.68. The fourth-order valence-corrected chi connectivity index (χ4v) is 3.59. The molecule has 0 bridgehead atoms. The van der Waals surface area contributed by atoms with Crippen molar-refractivity contribution in [3.63, 3.8) is 0 Å². The summed E-state index contributed by atoms with van der Waals surface area (Å²) >= 11 is 1.44. The molecule has 0 fully saturated rings. The molecule has 8 nitrogen and oxygen atoms in total. The van der Waals surface area contributed by atoms with E-state index in [1.165, 1.54) is 28.8 Å². The first-order valence-electron chi connectivity index (χ1n) is 9.19. The molecule has 0 aliphatic heterocycles. The number of nitrogens with one attached hydrogen (secondary N) is 1. The molecule has 0 saturated carbocycles. The normalized spacial score (nSPS) is 11.6. The van der Waals surface area contributed by atoms with Gasteiger partial charge in [-0.25, -0.2) is 14.8 Å². The average Bonchev–Trinajstić information content (AvgIpc) is 2.75. The summed E-state index contributed by atoms with van der Waals surface area (Å²) in [6.45, 7) is 3.74. The minimum Gasteiger partial charge on any atom is -0.321 e. The van der Waals surface area contributed by atoms with Crippen molar-refractivity contribution in [3.8, 4) is 0 Å². The lowest BCUT2D eigenvalue weighted by Gasteiger charge is -2.26. The summed E-state index contributed by atoms with van der Waals surface area (Å²) in [5.74, 6) is 0. The molecule has 1 heterocycles. The smallest absolute Gasteiger partial charge is 0.321 e. The Morgan fingerprint density at radius 3 is 2.57 bits per heavy atom. The summed E-state index contributed by atoms with van der Waals surface area (Å²) in [6.07, 6.45) is 3.38. The van der Waals surface area contributed by atoms with Gasteiger partial charge in [0.25, 0.3) is 5.69 Å². The fraction of sp³-hybridized carbons (Fsp3) is 0.190. The highest BCUT2D eigenvalue weighted by Crippen LogP contribution is 2.29. The van der Waals surface area contributed by atoms with Crippen molar-refractivity contribution in [1.82, 2.24) is 14.9 Å². The summed E-state index contributed by atoms with van der Waals surface area (Å²) in [6, 6.07) is 13.1. The molecule has 1 atom stereocenters. The molecular weight excluding hydrogens is 402 g/mol. The van der Waals surface area contributed by atoms with Crippen LogP contribution in [0.15, 0.2) is 71.0 Å². The molecule has 0 aliphatic rings. The molecule has 0 spiro atoms. The number of non-ortho nitro benzene ring substituents is 1. The van der Waals surface area contributed by atoms with Crippen molar-refractivity contribution in [2.24, 2.45) is 0 Å². The fourth-order valence-electron chi connectivity index (χ4n) is 2.78. The van der Waals surface area contributed by atoms with Gasteiger partial charge in [0.15, 0.2) is 5.16 Å². The van der Waals surface area contributed by atoms with Gasteiger partial charge in [0.1, 0.15) is 0 Å². The quantitative estimate of drug-likeness (QED) is 0.337. The van der Waals surface area contributed by atoms with Crippen LogP contribution in [0.25, 0.3) is 0 Å². The zero-order chi connectivity index (χ0) is 21.7. The topological polar surface area (TPSA) is 101 Å². The number of nitro groups is 1. The number of benzene rings is 2. The SMILES string of the molecule is Cc1cc(Sc2ncccn2)ccc1NC(=O)N(C)C(C)c1cccc([N+](=O)[O-])c1. The summed E-state index contributed by atoms with van der Waals surface area (Å²) in [4.78, 5) is 34.2. The lowest BCUT2D eigenvalue weighted by atomic mass is 10.1. The lowest BCUT2D eigenvalue weighted by molar-refractivity contribution is -0.384. The first-order chi connectivity index (χ1) is 14.3. The molecule has 1 unspecified atom stereocenters. The predicted molar refractivity (Wildman–Crippen MR) is 116 cm³/mol.